The van der Waals surface area contributed by atoms with Gasteiger partial charge in [-0.2, -0.15) is 0 Å². The molecule has 2 rings (SSSR count). The van der Waals surface area contributed by atoms with Gasteiger partial charge in [0.05, 0.1) is 17.4 Å². The minimum absolute atomic E-state index is 0.316. The second-order valence-electron chi connectivity index (χ2n) is 5.53. The van der Waals surface area contributed by atoms with Crippen LogP contribution in [0.2, 0.25) is 0 Å². The number of rotatable bonds is 5. The van der Waals surface area contributed by atoms with E-state index in [4.69, 9.17) is 5.73 Å². The zero-order valence-electron chi connectivity index (χ0n) is 12.3. The fraction of sp³-hybridized carbons (Fsp3) is 0.733. The minimum atomic E-state index is 0.316. The molecule has 1 heterocycles. The molecular formula is C15H26N4. The Morgan fingerprint density at radius 1 is 1.37 bits per heavy atom. The molecule has 1 fully saturated rings. The van der Waals surface area contributed by atoms with Gasteiger partial charge in [0.25, 0.3) is 0 Å². The van der Waals surface area contributed by atoms with Gasteiger partial charge in [-0.15, -0.1) is 0 Å². The molecule has 4 heteroatoms. The Bertz CT molecular complexity index is 407. The summed E-state index contributed by atoms with van der Waals surface area (Å²) in [6.07, 6.45) is 7.39. The molecule has 1 aliphatic rings. The molecule has 1 saturated carbocycles. The van der Waals surface area contributed by atoms with Crippen molar-refractivity contribution in [2.45, 2.75) is 52.1 Å². The molecule has 0 spiro atoms. The zero-order valence-corrected chi connectivity index (χ0v) is 12.3. The molecule has 1 aromatic heterocycles. The molecule has 0 aliphatic heterocycles. The van der Waals surface area contributed by atoms with E-state index in [1.807, 2.05) is 6.92 Å². The van der Waals surface area contributed by atoms with Crippen LogP contribution in [0.5, 0.6) is 0 Å². The van der Waals surface area contributed by atoms with Gasteiger partial charge in [-0.25, -0.2) is 0 Å². The van der Waals surface area contributed by atoms with Crippen molar-refractivity contribution < 1.29 is 0 Å². The van der Waals surface area contributed by atoms with Crippen molar-refractivity contribution in [3.63, 3.8) is 0 Å². The van der Waals surface area contributed by atoms with Crippen molar-refractivity contribution in [2.24, 2.45) is 11.7 Å². The Labute approximate surface area is 116 Å². The Kier molecular flexibility index (Phi) is 4.88. The molecule has 0 radical (unpaired) electrons. The lowest BCUT2D eigenvalue weighted by molar-refractivity contribution is 0.120. The van der Waals surface area contributed by atoms with Crippen LogP contribution >= 0.6 is 0 Å². The quantitative estimate of drug-likeness (QED) is 0.884. The fourth-order valence-electron chi connectivity index (χ4n) is 3.51. The third kappa shape index (κ3) is 2.95. The lowest BCUT2D eigenvalue weighted by atomic mass is 9.99. The normalized spacial score (nSPS) is 24.9. The summed E-state index contributed by atoms with van der Waals surface area (Å²) >= 11 is 0. The van der Waals surface area contributed by atoms with E-state index in [9.17, 15) is 0 Å². The lowest BCUT2D eigenvalue weighted by Crippen LogP contribution is -2.42. The zero-order chi connectivity index (χ0) is 13.8. The van der Waals surface area contributed by atoms with Crippen molar-refractivity contribution in [1.82, 2.24) is 14.9 Å². The molecule has 0 saturated heterocycles. The Balaban J connectivity index is 2.19. The summed E-state index contributed by atoms with van der Waals surface area (Å²) in [4.78, 5) is 11.5. The van der Waals surface area contributed by atoms with Gasteiger partial charge in [0.2, 0.25) is 0 Å². The van der Waals surface area contributed by atoms with Gasteiger partial charge in [0.1, 0.15) is 0 Å². The first-order chi connectivity index (χ1) is 9.19. The van der Waals surface area contributed by atoms with Gasteiger partial charge in [0.15, 0.2) is 0 Å². The monoisotopic (exact) mass is 262 g/mol. The van der Waals surface area contributed by atoms with E-state index in [-0.39, 0.29) is 0 Å². The van der Waals surface area contributed by atoms with Crippen LogP contribution in [-0.4, -0.2) is 34.0 Å². The molecule has 106 valence electrons. The van der Waals surface area contributed by atoms with E-state index in [0.717, 1.165) is 24.5 Å². The molecule has 2 N–H and O–H groups in total. The van der Waals surface area contributed by atoms with Crippen LogP contribution in [0.25, 0.3) is 0 Å². The highest BCUT2D eigenvalue weighted by atomic mass is 15.2. The summed E-state index contributed by atoms with van der Waals surface area (Å²) < 4.78 is 0. The summed E-state index contributed by atoms with van der Waals surface area (Å²) in [5.74, 6) is 0.638. The van der Waals surface area contributed by atoms with Crippen LogP contribution in [0.15, 0.2) is 12.4 Å². The topological polar surface area (TPSA) is 55.0 Å². The van der Waals surface area contributed by atoms with E-state index >= 15 is 0 Å². The Morgan fingerprint density at radius 2 is 2.11 bits per heavy atom. The van der Waals surface area contributed by atoms with Crippen LogP contribution in [0.3, 0.4) is 0 Å². The van der Waals surface area contributed by atoms with Crippen LogP contribution in [0.1, 0.15) is 50.5 Å². The van der Waals surface area contributed by atoms with Gasteiger partial charge in [-0.1, -0.05) is 13.3 Å². The fourth-order valence-corrected chi connectivity index (χ4v) is 3.51. The summed E-state index contributed by atoms with van der Waals surface area (Å²) in [6.45, 7) is 8.36. The van der Waals surface area contributed by atoms with Gasteiger partial charge >= 0.3 is 0 Å². The third-order valence-corrected chi connectivity index (χ3v) is 4.53. The average molecular weight is 262 g/mol. The molecule has 1 aliphatic carbocycles. The number of hydrogen-bond acceptors (Lipinski definition) is 4. The Hall–Kier alpha value is -1.00. The van der Waals surface area contributed by atoms with Gasteiger partial charge < -0.3 is 5.73 Å². The van der Waals surface area contributed by atoms with E-state index in [1.165, 1.54) is 19.3 Å². The maximum Gasteiger partial charge on any atom is 0.0784 e. The Morgan fingerprint density at radius 3 is 2.74 bits per heavy atom. The minimum Gasteiger partial charge on any atom is -0.330 e. The second-order valence-corrected chi connectivity index (χ2v) is 5.53. The van der Waals surface area contributed by atoms with Gasteiger partial charge in [-0.3, -0.25) is 14.9 Å². The van der Waals surface area contributed by atoms with Gasteiger partial charge in [-0.05, 0) is 45.7 Å². The smallest absolute Gasteiger partial charge is 0.0784 e. The molecule has 4 nitrogen and oxygen atoms in total. The molecule has 3 unspecified atom stereocenters. The number of hydrogen-bond donors (Lipinski definition) is 1. The molecular weight excluding hydrogens is 236 g/mol. The van der Waals surface area contributed by atoms with Crippen molar-refractivity contribution >= 4 is 0 Å². The largest absolute Gasteiger partial charge is 0.330 e. The molecule has 0 bridgehead atoms. The first-order valence-electron chi connectivity index (χ1n) is 7.42. The maximum atomic E-state index is 5.93. The lowest BCUT2D eigenvalue weighted by Gasteiger charge is -2.36. The predicted octanol–water partition coefficient (Wildman–Crippen LogP) is 2.30. The summed E-state index contributed by atoms with van der Waals surface area (Å²) in [7, 11) is 0. The number of aryl methyl sites for hydroxylation is 1. The van der Waals surface area contributed by atoms with Crippen LogP contribution in [0.4, 0.5) is 0 Å². The van der Waals surface area contributed by atoms with Crippen molar-refractivity contribution in [3.8, 4) is 0 Å². The van der Waals surface area contributed by atoms with Crippen LogP contribution in [-0.2, 0) is 0 Å². The average Bonchev–Trinajstić information content (AvgIpc) is 2.88. The second kappa shape index (κ2) is 6.44. The van der Waals surface area contributed by atoms with E-state index in [1.54, 1.807) is 12.4 Å². The number of nitrogens with two attached hydrogens (primary N) is 1. The molecule has 1 aromatic rings. The first-order valence-corrected chi connectivity index (χ1v) is 7.42. The van der Waals surface area contributed by atoms with Crippen molar-refractivity contribution in [2.75, 3.05) is 13.1 Å². The van der Waals surface area contributed by atoms with Crippen LogP contribution < -0.4 is 5.73 Å². The van der Waals surface area contributed by atoms with Crippen molar-refractivity contribution in [3.05, 3.63) is 23.8 Å². The highest BCUT2D eigenvalue weighted by molar-refractivity contribution is 5.13. The highest BCUT2D eigenvalue weighted by Crippen LogP contribution is 2.34. The maximum absolute atomic E-state index is 5.93. The van der Waals surface area contributed by atoms with Gasteiger partial charge in [0, 0.05) is 18.4 Å². The summed E-state index contributed by atoms with van der Waals surface area (Å²) in [5.41, 5.74) is 8.07. The SMILES string of the molecule is CCN(C(C)c1nccnc1C)C1CCCC1CN. The first kappa shape index (κ1) is 14.4. The molecule has 0 amide bonds. The van der Waals surface area contributed by atoms with Crippen molar-refractivity contribution in [1.29, 1.82) is 0 Å². The highest BCUT2D eigenvalue weighted by Gasteiger charge is 2.33. The van der Waals surface area contributed by atoms with Crippen LogP contribution in [0, 0.1) is 12.8 Å². The van der Waals surface area contributed by atoms with E-state index < -0.39 is 0 Å². The number of nitrogens with zero attached hydrogens (tertiary/aromatic N) is 3. The van der Waals surface area contributed by atoms with E-state index in [0.29, 0.717) is 18.0 Å². The molecule has 0 aromatic carbocycles. The predicted molar refractivity (Wildman–Crippen MR) is 77.7 cm³/mol. The standard InChI is InChI=1S/C15H26N4/c1-4-19(14-7-5-6-13(14)10-16)12(3)15-11(2)17-8-9-18-15/h8-9,12-14H,4-7,10,16H2,1-3H3. The summed E-state index contributed by atoms with van der Waals surface area (Å²) in [6, 6.07) is 0.919. The third-order valence-electron chi connectivity index (χ3n) is 4.53. The molecule has 19 heavy (non-hydrogen) atoms. The molecule has 3 atom stereocenters. The number of aromatic nitrogens is 2. The van der Waals surface area contributed by atoms with E-state index in [2.05, 4.69) is 28.7 Å². The summed E-state index contributed by atoms with van der Waals surface area (Å²) in [5, 5.41) is 0.